The van der Waals surface area contributed by atoms with Gasteiger partial charge in [-0.2, -0.15) is 0 Å². The lowest BCUT2D eigenvalue weighted by molar-refractivity contribution is 0.103. The average Bonchev–Trinajstić information content (AvgIpc) is 3.18. The van der Waals surface area contributed by atoms with Crippen LogP contribution >= 0.6 is 0 Å². The van der Waals surface area contributed by atoms with Crippen LogP contribution in [-0.2, 0) is 0 Å². The molecule has 0 radical (unpaired) electrons. The van der Waals surface area contributed by atoms with E-state index in [9.17, 15) is 4.79 Å². The van der Waals surface area contributed by atoms with E-state index in [1.807, 2.05) is 60.7 Å². The Balaban J connectivity index is 1.42. The molecule has 0 N–H and O–H groups in total. The molecule has 3 aliphatic rings. The van der Waals surface area contributed by atoms with Crippen molar-refractivity contribution in [3.8, 4) is 11.5 Å². The van der Waals surface area contributed by atoms with Crippen molar-refractivity contribution in [3.05, 3.63) is 124 Å². The van der Waals surface area contributed by atoms with Gasteiger partial charge in [-0.1, -0.05) is 49.4 Å². The summed E-state index contributed by atoms with van der Waals surface area (Å²) < 4.78 is 12.7. The number of para-hydroxylation sites is 1. The second-order valence-corrected chi connectivity index (χ2v) is 9.94. The van der Waals surface area contributed by atoms with E-state index in [1.54, 1.807) is 0 Å². The topological polar surface area (TPSA) is 38.8 Å². The predicted octanol–water partition coefficient (Wildman–Crippen LogP) is 7.94. The summed E-state index contributed by atoms with van der Waals surface area (Å²) in [6, 6.07) is 22.2. The summed E-state index contributed by atoms with van der Waals surface area (Å²) in [7, 11) is 0. The van der Waals surface area contributed by atoms with Gasteiger partial charge in [0.1, 0.15) is 23.0 Å². The molecule has 2 heterocycles. The fourth-order valence-corrected chi connectivity index (χ4v) is 5.75. The number of carbonyl (C=O) groups is 1. The standard InChI is InChI=1S/C34H31NO3/c1-5-35(6-2)23-15-16-26-21(3)17-24(38-32(26)18-23)19-25-20-30(28-12-9-10-14-31(28)37-25)33-22(4)27-11-7-8-13-29(27)34(33)36/h7-20,22H,5-6H2,1-4H3/b24-19+,33-30-. The summed E-state index contributed by atoms with van der Waals surface area (Å²) >= 11 is 0. The van der Waals surface area contributed by atoms with E-state index in [4.69, 9.17) is 9.47 Å². The minimum absolute atomic E-state index is 0.00320. The Bertz CT molecular complexity index is 1580. The molecule has 0 amide bonds. The smallest absolute Gasteiger partial charge is 0.190 e. The molecule has 1 unspecified atom stereocenters. The third kappa shape index (κ3) is 3.97. The first-order valence-electron chi connectivity index (χ1n) is 13.3. The maximum Gasteiger partial charge on any atom is 0.190 e. The lowest BCUT2D eigenvalue weighted by Gasteiger charge is -2.25. The van der Waals surface area contributed by atoms with Crippen molar-refractivity contribution < 1.29 is 14.3 Å². The van der Waals surface area contributed by atoms with Crippen LogP contribution in [0.1, 0.15) is 60.7 Å². The molecule has 4 nitrogen and oxygen atoms in total. The zero-order chi connectivity index (χ0) is 26.4. The maximum absolute atomic E-state index is 13.5. The van der Waals surface area contributed by atoms with Crippen LogP contribution in [0.25, 0.3) is 11.1 Å². The highest BCUT2D eigenvalue weighted by Crippen LogP contribution is 2.45. The van der Waals surface area contributed by atoms with E-state index < -0.39 is 0 Å². The first-order valence-corrected chi connectivity index (χ1v) is 13.3. The van der Waals surface area contributed by atoms with Gasteiger partial charge in [0.2, 0.25) is 0 Å². The lowest BCUT2D eigenvalue weighted by Crippen LogP contribution is -2.21. The van der Waals surface area contributed by atoms with Crippen LogP contribution in [0, 0.1) is 0 Å². The van der Waals surface area contributed by atoms with E-state index in [-0.39, 0.29) is 11.7 Å². The largest absolute Gasteiger partial charge is 0.457 e. The zero-order valence-electron chi connectivity index (χ0n) is 22.2. The van der Waals surface area contributed by atoms with Crippen LogP contribution in [0.15, 0.2) is 102 Å². The van der Waals surface area contributed by atoms with Gasteiger partial charge in [-0.15, -0.1) is 0 Å². The van der Waals surface area contributed by atoms with Crippen LogP contribution in [0.4, 0.5) is 5.69 Å². The molecule has 0 saturated carbocycles. The number of fused-ring (bicyclic) bond motifs is 3. The Labute approximate surface area is 224 Å². The van der Waals surface area contributed by atoms with Gasteiger partial charge >= 0.3 is 0 Å². The third-order valence-corrected chi connectivity index (χ3v) is 7.72. The van der Waals surface area contributed by atoms with Crippen molar-refractivity contribution in [3.63, 3.8) is 0 Å². The Morgan fingerprint density at radius 3 is 2.34 bits per heavy atom. The summed E-state index contributed by atoms with van der Waals surface area (Å²) in [6.07, 6.45) is 5.94. The van der Waals surface area contributed by atoms with Gasteiger partial charge in [-0.05, 0) is 67.8 Å². The molecule has 38 heavy (non-hydrogen) atoms. The first kappa shape index (κ1) is 24.1. The number of carbonyl (C=O) groups excluding carboxylic acids is 1. The number of hydrogen-bond acceptors (Lipinski definition) is 4. The molecular formula is C34H31NO3. The highest BCUT2D eigenvalue weighted by Gasteiger charge is 2.35. The molecule has 6 rings (SSSR count). The number of rotatable bonds is 4. The minimum Gasteiger partial charge on any atom is -0.457 e. The van der Waals surface area contributed by atoms with Crippen molar-refractivity contribution in [2.75, 3.05) is 18.0 Å². The van der Waals surface area contributed by atoms with Crippen molar-refractivity contribution in [2.24, 2.45) is 0 Å². The highest BCUT2D eigenvalue weighted by atomic mass is 16.5. The fourth-order valence-electron chi connectivity index (χ4n) is 5.75. The molecular weight excluding hydrogens is 470 g/mol. The van der Waals surface area contributed by atoms with Gasteiger partial charge in [-0.3, -0.25) is 4.79 Å². The molecule has 1 aliphatic carbocycles. The maximum atomic E-state index is 13.5. The Hall–Kier alpha value is -4.31. The van der Waals surface area contributed by atoms with Crippen LogP contribution in [0.5, 0.6) is 11.5 Å². The molecule has 0 spiro atoms. The monoisotopic (exact) mass is 501 g/mol. The molecule has 3 aromatic rings. The summed E-state index contributed by atoms with van der Waals surface area (Å²) in [4.78, 5) is 15.9. The number of Topliss-reactive ketones (excluding diaryl/α,β-unsaturated/α-hetero) is 1. The van der Waals surface area contributed by atoms with Crippen molar-refractivity contribution in [1.82, 2.24) is 0 Å². The minimum atomic E-state index is 0.00320. The van der Waals surface area contributed by atoms with Gasteiger partial charge in [0.25, 0.3) is 0 Å². The number of nitrogens with zero attached hydrogens (tertiary/aromatic N) is 1. The zero-order valence-corrected chi connectivity index (χ0v) is 22.2. The summed E-state index contributed by atoms with van der Waals surface area (Å²) in [6.45, 7) is 10.4. The van der Waals surface area contributed by atoms with Gasteiger partial charge in [0.15, 0.2) is 5.78 Å². The molecule has 190 valence electrons. The molecule has 0 bridgehead atoms. The highest BCUT2D eigenvalue weighted by molar-refractivity contribution is 6.19. The lowest BCUT2D eigenvalue weighted by atomic mass is 9.89. The molecule has 1 atom stereocenters. The van der Waals surface area contributed by atoms with E-state index >= 15 is 0 Å². The normalized spacial score (nSPS) is 20.6. The third-order valence-electron chi connectivity index (χ3n) is 7.72. The van der Waals surface area contributed by atoms with Crippen LogP contribution in [0.3, 0.4) is 0 Å². The second-order valence-electron chi connectivity index (χ2n) is 9.94. The SMILES string of the molecule is CCN(CC)c1ccc2c(c1)O/C(=C/C1=CC(=C3/C(=O)c4ccccc4C3C)/c3ccccc3O1)C=C2C. The van der Waals surface area contributed by atoms with Gasteiger partial charge in [-0.25, -0.2) is 0 Å². The van der Waals surface area contributed by atoms with E-state index in [0.29, 0.717) is 11.5 Å². The number of hydrogen-bond donors (Lipinski definition) is 0. The molecule has 0 saturated heterocycles. The van der Waals surface area contributed by atoms with Crippen molar-refractivity contribution in [2.45, 2.75) is 33.6 Å². The number of ketones is 1. The van der Waals surface area contributed by atoms with Gasteiger partial charge in [0.05, 0.1) is 0 Å². The Morgan fingerprint density at radius 2 is 1.58 bits per heavy atom. The average molecular weight is 502 g/mol. The summed E-state index contributed by atoms with van der Waals surface area (Å²) in [5.41, 5.74) is 7.88. The molecule has 2 aliphatic heterocycles. The van der Waals surface area contributed by atoms with E-state index in [1.165, 1.54) is 0 Å². The Kier molecular flexibility index (Phi) is 6.03. The predicted molar refractivity (Wildman–Crippen MR) is 154 cm³/mol. The molecule has 3 aromatic carbocycles. The van der Waals surface area contributed by atoms with Gasteiger partial charge in [0, 0.05) is 59.1 Å². The van der Waals surface area contributed by atoms with E-state index in [0.717, 1.165) is 69.2 Å². The molecule has 0 fully saturated rings. The van der Waals surface area contributed by atoms with E-state index in [2.05, 4.69) is 56.9 Å². The molecule has 4 heteroatoms. The number of allylic oxidation sites excluding steroid dienone is 6. The van der Waals surface area contributed by atoms with Crippen molar-refractivity contribution in [1.29, 1.82) is 0 Å². The number of ether oxygens (including phenoxy) is 2. The summed E-state index contributed by atoms with van der Waals surface area (Å²) in [5.74, 6) is 3.02. The first-order chi connectivity index (χ1) is 18.5. The number of benzene rings is 3. The van der Waals surface area contributed by atoms with Crippen LogP contribution in [-0.4, -0.2) is 18.9 Å². The molecule has 0 aromatic heterocycles. The van der Waals surface area contributed by atoms with Crippen LogP contribution < -0.4 is 14.4 Å². The van der Waals surface area contributed by atoms with Crippen LogP contribution in [0.2, 0.25) is 0 Å². The Morgan fingerprint density at radius 1 is 0.842 bits per heavy atom. The van der Waals surface area contributed by atoms with Gasteiger partial charge < -0.3 is 14.4 Å². The quantitative estimate of drug-likeness (QED) is 0.340. The second kappa shape index (κ2) is 9.53. The number of anilines is 1. The van der Waals surface area contributed by atoms with Crippen molar-refractivity contribution >= 4 is 22.6 Å². The summed E-state index contributed by atoms with van der Waals surface area (Å²) in [5, 5.41) is 0. The fraction of sp³-hybridized carbons (Fsp3) is 0.206.